The van der Waals surface area contributed by atoms with Crippen molar-refractivity contribution in [3.05, 3.63) is 17.6 Å². The van der Waals surface area contributed by atoms with Crippen LogP contribution < -0.4 is 10.2 Å². The summed E-state index contributed by atoms with van der Waals surface area (Å²) < 4.78 is 0. The van der Waals surface area contributed by atoms with Crippen LogP contribution in [-0.4, -0.2) is 71.9 Å². The van der Waals surface area contributed by atoms with Crippen molar-refractivity contribution in [3.63, 3.8) is 0 Å². The van der Waals surface area contributed by atoms with Gasteiger partial charge in [-0.1, -0.05) is 0 Å². The van der Waals surface area contributed by atoms with E-state index < -0.39 is 0 Å². The molecule has 132 valence electrons. The lowest BCUT2D eigenvalue weighted by Crippen LogP contribution is -2.54. The van der Waals surface area contributed by atoms with Gasteiger partial charge in [-0.25, -0.2) is 9.97 Å². The molecular weight excluding hydrogens is 302 g/mol. The maximum absolute atomic E-state index is 9.49. The summed E-state index contributed by atoms with van der Waals surface area (Å²) in [5, 5.41) is 13.0. The lowest BCUT2D eigenvalue weighted by molar-refractivity contribution is 0.136. The first kappa shape index (κ1) is 16.2. The van der Waals surface area contributed by atoms with Crippen LogP contribution in [0.4, 0.5) is 5.82 Å². The van der Waals surface area contributed by atoms with Crippen molar-refractivity contribution >= 4 is 5.82 Å². The van der Waals surface area contributed by atoms with Crippen LogP contribution in [0, 0.1) is 5.92 Å². The Labute approximate surface area is 144 Å². The van der Waals surface area contributed by atoms with E-state index in [9.17, 15) is 5.11 Å². The van der Waals surface area contributed by atoms with Gasteiger partial charge in [-0.15, -0.1) is 0 Å². The SMILES string of the molecule is OCC[C@H]1CN(c2ncnc3c2CCNCC3)CCN1CC1CC1. The fourth-order valence-electron chi connectivity index (χ4n) is 4.11. The first-order valence-corrected chi connectivity index (χ1v) is 9.48. The molecule has 0 radical (unpaired) electrons. The lowest BCUT2D eigenvalue weighted by atomic mass is 10.1. The largest absolute Gasteiger partial charge is 0.396 e. The van der Waals surface area contributed by atoms with Gasteiger partial charge in [-0.05, 0) is 38.1 Å². The van der Waals surface area contributed by atoms with E-state index in [4.69, 9.17) is 0 Å². The number of aliphatic hydroxyl groups excluding tert-OH is 1. The summed E-state index contributed by atoms with van der Waals surface area (Å²) in [5.74, 6) is 2.04. The Morgan fingerprint density at radius 1 is 1.17 bits per heavy atom. The average Bonchev–Trinajstić information content (AvgIpc) is 3.42. The van der Waals surface area contributed by atoms with Crippen LogP contribution >= 0.6 is 0 Å². The lowest BCUT2D eigenvalue weighted by Gasteiger charge is -2.42. The minimum absolute atomic E-state index is 0.269. The van der Waals surface area contributed by atoms with Crippen LogP contribution in [0.1, 0.15) is 30.5 Å². The topological polar surface area (TPSA) is 64.5 Å². The minimum Gasteiger partial charge on any atom is -0.396 e. The van der Waals surface area contributed by atoms with E-state index in [1.54, 1.807) is 6.33 Å². The van der Waals surface area contributed by atoms with Crippen molar-refractivity contribution < 1.29 is 5.11 Å². The van der Waals surface area contributed by atoms with Crippen LogP contribution in [-0.2, 0) is 12.8 Å². The van der Waals surface area contributed by atoms with Gasteiger partial charge in [-0.3, -0.25) is 4.90 Å². The van der Waals surface area contributed by atoms with E-state index in [0.29, 0.717) is 6.04 Å². The highest BCUT2D eigenvalue weighted by Gasteiger charge is 2.33. The second kappa shape index (κ2) is 7.33. The molecule has 2 aliphatic heterocycles. The Morgan fingerprint density at radius 3 is 2.88 bits per heavy atom. The smallest absolute Gasteiger partial charge is 0.135 e. The van der Waals surface area contributed by atoms with Crippen molar-refractivity contribution in [2.75, 3.05) is 50.8 Å². The monoisotopic (exact) mass is 331 g/mol. The van der Waals surface area contributed by atoms with Crippen LogP contribution in [0.25, 0.3) is 0 Å². The van der Waals surface area contributed by atoms with Crippen LogP contribution in [0.3, 0.4) is 0 Å². The second-order valence-electron chi connectivity index (χ2n) is 7.42. The Balaban J connectivity index is 1.52. The quantitative estimate of drug-likeness (QED) is 0.817. The third-order valence-electron chi connectivity index (χ3n) is 5.66. The fourth-order valence-corrected chi connectivity index (χ4v) is 4.11. The zero-order valence-corrected chi connectivity index (χ0v) is 14.5. The van der Waals surface area contributed by atoms with E-state index in [1.165, 1.54) is 30.6 Å². The van der Waals surface area contributed by atoms with E-state index in [0.717, 1.165) is 63.7 Å². The predicted molar refractivity (Wildman–Crippen MR) is 94.3 cm³/mol. The number of anilines is 1. The summed E-state index contributed by atoms with van der Waals surface area (Å²) >= 11 is 0. The van der Waals surface area contributed by atoms with E-state index in [2.05, 4.69) is 25.1 Å². The Morgan fingerprint density at radius 2 is 2.04 bits per heavy atom. The van der Waals surface area contributed by atoms with Gasteiger partial charge in [0.2, 0.25) is 0 Å². The maximum Gasteiger partial charge on any atom is 0.135 e. The summed E-state index contributed by atoms with van der Waals surface area (Å²) in [7, 11) is 0. The van der Waals surface area contributed by atoms with Gasteiger partial charge >= 0.3 is 0 Å². The summed E-state index contributed by atoms with van der Waals surface area (Å²) in [6, 6.07) is 0.443. The van der Waals surface area contributed by atoms with Crippen molar-refractivity contribution in [2.45, 2.75) is 38.1 Å². The number of rotatable bonds is 5. The summed E-state index contributed by atoms with van der Waals surface area (Å²) in [6.07, 6.45) is 7.37. The molecular formula is C18H29N5O. The Bertz CT molecular complexity index is 562. The van der Waals surface area contributed by atoms with Crippen molar-refractivity contribution in [1.82, 2.24) is 20.2 Å². The molecule has 4 rings (SSSR count). The number of aliphatic hydroxyl groups is 1. The van der Waals surface area contributed by atoms with E-state index in [-0.39, 0.29) is 6.61 Å². The highest BCUT2D eigenvalue weighted by atomic mass is 16.3. The molecule has 24 heavy (non-hydrogen) atoms. The van der Waals surface area contributed by atoms with Crippen LogP contribution in [0.2, 0.25) is 0 Å². The molecule has 1 aliphatic carbocycles. The van der Waals surface area contributed by atoms with Gasteiger partial charge in [-0.2, -0.15) is 0 Å². The molecule has 1 atom stereocenters. The predicted octanol–water partition coefficient (Wildman–Crippen LogP) is 0.448. The molecule has 1 aromatic rings. The van der Waals surface area contributed by atoms with Crippen LogP contribution in [0.15, 0.2) is 6.33 Å². The van der Waals surface area contributed by atoms with Gasteiger partial charge in [0.25, 0.3) is 0 Å². The van der Waals surface area contributed by atoms with E-state index in [1.807, 2.05) is 0 Å². The summed E-state index contributed by atoms with van der Waals surface area (Å²) in [6.45, 7) is 6.59. The molecule has 2 N–H and O–H groups in total. The molecule has 1 saturated heterocycles. The molecule has 2 fully saturated rings. The average molecular weight is 331 g/mol. The van der Waals surface area contributed by atoms with Crippen molar-refractivity contribution in [3.8, 4) is 0 Å². The molecule has 6 nitrogen and oxygen atoms in total. The van der Waals surface area contributed by atoms with Crippen LogP contribution in [0.5, 0.6) is 0 Å². The third kappa shape index (κ3) is 3.55. The van der Waals surface area contributed by atoms with Crippen molar-refractivity contribution in [1.29, 1.82) is 0 Å². The number of fused-ring (bicyclic) bond motifs is 1. The van der Waals surface area contributed by atoms with Gasteiger partial charge < -0.3 is 15.3 Å². The molecule has 1 aromatic heterocycles. The molecule has 3 heterocycles. The zero-order valence-electron chi connectivity index (χ0n) is 14.5. The molecule has 0 unspecified atom stereocenters. The summed E-state index contributed by atoms with van der Waals surface area (Å²) in [4.78, 5) is 14.2. The molecule has 0 spiro atoms. The van der Waals surface area contributed by atoms with Gasteiger partial charge in [0.05, 0.1) is 5.69 Å². The zero-order chi connectivity index (χ0) is 16.4. The molecule has 0 bridgehead atoms. The van der Waals surface area contributed by atoms with Gasteiger partial charge in [0.1, 0.15) is 12.1 Å². The number of nitrogens with one attached hydrogen (secondary N) is 1. The number of piperazine rings is 1. The van der Waals surface area contributed by atoms with Crippen molar-refractivity contribution in [2.24, 2.45) is 5.92 Å². The molecule has 0 aromatic carbocycles. The molecule has 0 amide bonds. The summed E-state index contributed by atoms with van der Waals surface area (Å²) in [5.41, 5.74) is 2.55. The number of hydrogen-bond acceptors (Lipinski definition) is 6. The van der Waals surface area contributed by atoms with E-state index >= 15 is 0 Å². The third-order valence-corrected chi connectivity index (χ3v) is 5.66. The molecule has 1 saturated carbocycles. The normalized spacial score (nSPS) is 25.4. The Hall–Kier alpha value is -1.24. The first-order chi connectivity index (χ1) is 11.8. The molecule has 3 aliphatic rings. The highest BCUT2D eigenvalue weighted by molar-refractivity contribution is 5.50. The highest BCUT2D eigenvalue weighted by Crippen LogP contribution is 2.32. The standard InChI is InChI=1S/C18H29N5O/c24-10-5-15-12-23(9-8-22(15)11-14-1-2-14)18-16-3-6-19-7-4-17(16)20-13-21-18/h13-15,19,24H,1-12H2/t15-/m0/s1. The Kier molecular flexibility index (Phi) is 4.96. The molecule has 6 heteroatoms. The fraction of sp³-hybridized carbons (Fsp3) is 0.778. The second-order valence-corrected chi connectivity index (χ2v) is 7.42. The number of nitrogens with zero attached hydrogens (tertiary/aromatic N) is 4. The number of hydrogen-bond donors (Lipinski definition) is 2. The maximum atomic E-state index is 9.49. The van der Waals surface area contributed by atoms with Gasteiger partial charge in [0, 0.05) is 57.4 Å². The number of aromatic nitrogens is 2. The first-order valence-electron chi connectivity index (χ1n) is 9.48. The minimum atomic E-state index is 0.269. The van der Waals surface area contributed by atoms with Gasteiger partial charge in [0.15, 0.2) is 0 Å².